The van der Waals surface area contributed by atoms with Crippen molar-refractivity contribution < 1.29 is 9.53 Å². The van der Waals surface area contributed by atoms with Gasteiger partial charge in [-0.1, -0.05) is 13.0 Å². The fraction of sp³-hybridized carbons (Fsp3) is 0.682. The van der Waals surface area contributed by atoms with Crippen LogP contribution in [0, 0.1) is 11.8 Å². The lowest BCUT2D eigenvalue weighted by Gasteiger charge is -2.34. The van der Waals surface area contributed by atoms with Gasteiger partial charge >= 0.3 is 5.97 Å². The Morgan fingerprint density at radius 1 is 1.28 bits per heavy atom. The number of nitrogens with zero attached hydrogens (tertiary/aromatic N) is 4. The van der Waals surface area contributed by atoms with Crippen molar-refractivity contribution in [2.75, 3.05) is 44.7 Å². The van der Waals surface area contributed by atoms with E-state index in [2.05, 4.69) is 44.1 Å². The molecule has 1 atom stereocenters. The zero-order valence-electron chi connectivity index (χ0n) is 18.1. The lowest BCUT2D eigenvalue weighted by Crippen LogP contribution is -2.48. The highest BCUT2D eigenvalue weighted by Crippen LogP contribution is 2.21. The van der Waals surface area contributed by atoms with Gasteiger partial charge in [0.1, 0.15) is 5.82 Å². The third-order valence-electron chi connectivity index (χ3n) is 5.92. The highest BCUT2D eigenvalue weighted by atomic mass is 16.5. The summed E-state index contributed by atoms with van der Waals surface area (Å²) in [6, 6.07) is 4.26. The second kappa shape index (κ2) is 10.5. The maximum atomic E-state index is 12.1. The average Bonchev–Trinajstić information content (AvgIpc) is 2.76. The molecule has 160 valence electrons. The van der Waals surface area contributed by atoms with E-state index in [0.29, 0.717) is 19.7 Å². The van der Waals surface area contributed by atoms with Crippen molar-refractivity contribution in [3.05, 3.63) is 23.9 Å². The fourth-order valence-electron chi connectivity index (χ4n) is 4.08. The minimum Gasteiger partial charge on any atom is -0.466 e. The van der Waals surface area contributed by atoms with Gasteiger partial charge in [0, 0.05) is 46.0 Å². The number of nitrogens with one attached hydrogen (secondary N) is 1. The second-order valence-electron chi connectivity index (χ2n) is 8.13. The molecule has 1 aromatic heterocycles. The van der Waals surface area contributed by atoms with Crippen LogP contribution in [0.25, 0.3) is 0 Å². The fourth-order valence-corrected chi connectivity index (χ4v) is 4.08. The summed E-state index contributed by atoms with van der Waals surface area (Å²) in [5.41, 5.74) is 1.12. The first-order valence-corrected chi connectivity index (χ1v) is 10.9. The van der Waals surface area contributed by atoms with E-state index >= 15 is 0 Å². The largest absolute Gasteiger partial charge is 0.466 e. The Morgan fingerprint density at radius 3 is 2.72 bits per heavy atom. The number of hydrogen-bond donors (Lipinski definition) is 1. The lowest BCUT2D eigenvalue weighted by atomic mass is 9.98. The Kier molecular flexibility index (Phi) is 7.72. The summed E-state index contributed by atoms with van der Waals surface area (Å²) in [5, 5.41) is 3.42. The van der Waals surface area contributed by atoms with Crippen LogP contribution in [0.3, 0.4) is 0 Å². The summed E-state index contributed by atoms with van der Waals surface area (Å²) in [6.45, 7) is 9.01. The molecule has 0 amide bonds. The molecule has 0 radical (unpaired) electrons. The van der Waals surface area contributed by atoms with Gasteiger partial charge in [0.15, 0.2) is 5.96 Å². The van der Waals surface area contributed by atoms with E-state index in [9.17, 15) is 4.79 Å². The molecule has 2 fully saturated rings. The Morgan fingerprint density at radius 2 is 2.07 bits per heavy atom. The summed E-state index contributed by atoms with van der Waals surface area (Å²) in [4.78, 5) is 25.7. The lowest BCUT2D eigenvalue weighted by molar-refractivity contribution is -0.149. The first kappa shape index (κ1) is 21.4. The number of hydrogen-bond acceptors (Lipinski definition) is 5. The van der Waals surface area contributed by atoms with E-state index < -0.39 is 0 Å². The predicted octanol–water partition coefficient (Wildman–Crippen LogP) is 2.67. The van der Waals surface area contributed by atoms with E-state index in [1.54, 1.807) is 7.05 Å². The molecule has 2 saturated heterocycles. The quantitative estimate of drug-likeness (QED) is 0.465. The van der Waals surface area contributed by atoms with Crippen molar-refractivity contribution in [1.29, 1.82) is 0 Å². The minimum atomic E-state index is -0.0976. The predicted molar refractivity (Wildman–Crippen MR) is 116 cm³/mol. The number of carbonyl (C=O) groups is 1. The molecule has 0 bridgehead atoms. The molecule has 0 aromatic carbocycles. The molecule has 0 saturated carbocycles. The molecular weight excluding hydrogens is 366 g/mol. The molecular formula is C22H35N5O2. The van der Waals surface area contributed by atoms with Crippen LogP contribution in [0.15, 0.2) is 23.3 Å². The third kappa shape index (κ3) is 5.84. The van der Waals surface area contributed by atoms with Crippen molar-refractivity contribution in [3.8, 4) is 0 Å². The van der Waals surface area contributed by atoms with Crippen LogP contribution in [0.4, 0.5) is 5.82 Å². The standard InChI is InChI=1S/C22H35N5O2/c1-4-29-21(28)19-6-5-11-27(16-19)22(23-3)25-15-18-7-8-20(24-14-18)26-12-9-17(2)10-13-26/h7-8,14,17,19H,4-6,9-13,15-16H2,1-3H3,(H,23,25). The van der Waals surface area contributed by atoms with E-state index in [0.717, 1.165) is 55.7 Å². The number of carbonyl (C=O) groups excluding carboxylic acids is 1. The molecule has 2 aliphatic rings. The van der Waals surface area contributed by atoms with Gasteiger partial charge in [0.05, 0.1) is 12.5 Å². The number of anilines is 1. The van der Waals surface area contributed by atoms with Gasteiger partial charge in [-0.25, -0.2) is 4.98 Å². The Labute approximate surface area is 174 Å². The topological polar surface area (TPSA) is 70.1 Å². The molecule has 7 heteroatoms. The van der Waals surface area contributed by atoms with E-state index in [4.69, 9.17) is 4.74 Å². The zero-order chi connectivity index (χ0) is 20.6. The number of pyridine rings is 1. The summed E-state index contributed by atoms with van der Waals surface area (Å²) >= 11 is 0. The zero-order valence-corrected chi connectivity index (χ0v) is 18.1. The number of rotatable bonds is 5. The van der Waals surface area contributed by atoms with Crippen molar-refractivity contribution in [2.45, 2.75) is 46.1 Å². The van der Waals surface area contributed by atoms with Crippen molar-refractivity contribution >= 4 is 17.7 Å². The maximum absolute atomic E-state index is 12.1. The van der Waals surface area contributed by atoms with Crippen molar-refractivity contribution in [2.24, 2.45) is 16.8 Å². The Balaban J connectivity index is 1.52. The number of aliphatic imine (C=N–C) groups is 1. The average molecular weight is 402 g/mol. The van der Waals surface area contributed by atoms with E-state index in [1.165, 1.54) is 12.8 Å². The summed E-state index contributed by atoms with van der Waals surface area (Å²) in [5.74, 6) is 2.54. The van der Waals surface area contributed by atoms with Crippen LogP contribution in [0.2, 0.25) is 0 Å². The van der Waals surface area contributed by atoms with Gasteiger partial charge in [0.2, 0.25) is 0 Å². The van der Waals surface area contributed by atoms with Crippen LogP contribution in [-0.2, 0) is 16.1 Å². The molecule has 0 aliphatic carbocycles. The molecule has 0 spiro atoms. The molecule has 1 unspecified atom stereocenters. The van der Waals surface area contributed by atoms with E-state index in [-0.39, 0.29) is 11.9 Å². The monoisotopic (exact) mass is 401 g/mol. The van der Waals surface area contributed by atoms with Crippen molar-refractivity contribution in [1.82, 2.24) is 15.2 Å². The molecule has 3 heterocycles. The number of ether oxygens (including phenoxy) is 1. The Hall–Kier alpha value is -2.31. The summed E-state index contributed by atoms with van der Waals surface area (Å²) in [7, 11) is 1.79. The molecule has 29 heavy (non-hydrogen) atoms. The SMILES string of the molecule is CCOC(=O)C1CCCN(C(=NC)NCc2ccc(N3CCC(C)CC3)nc2)C1. The number of aromatic nitrogens is 1. The van der Waals surface area contributed by atoms with Crippen LogP contribution < -0.4 is 10.2 Å². The highest BCUT2D eigenvalue weighted by molar-refractivity contribution is 5.81. The first-order valence-electron chi connectivity index (χ1n) is 10.9. The third-order valence-corrected chi connectivity index (χ3v) is 5.92. The van der Waals surface area contributed by atoms with Gasteiger partial charge in [0.25, 0.3) is 0 Å². The molecule has 7 nitrogen and oxygen atoms in total. The first-order chi connectivity index (χ1) is 14.1. The van der Waals surface area contributed by atoms with Gasteiger partial charge < -0.3 is 19.9 Å². The van der Waals surface area contributed by atoms with Crippen LogP contribution in [-0.4, -0.2) is 61.6 Å². The van der Waals surface area contributed by atoms with Crippen LogP contribution in [0.1, 0.15) is 45.1 Å². The molecule has 1 N–H and O–H groups in total. The molecule has 3 rings (SSSR count). The normalized spacial score (nSPS) is 21.2. The van der Waals surface area contributed by atoms with Gasteiger partial charge in [-0.3, -0.25) is 9.79 Å². The summed E-state index contributed by atoms with van der Waals surface area (Å²) < 4.78 is 5.20. The number of piperidine rings is 2. The smallest absolute Gasteiger partial charge is 0.310 e. The maximum Gasteiger partial charge on any atom is 0.310 e. The van der Waals surface area contributed by atoms with Gasteiger partial charge in [-0.05, 0) is 50.2 Å². The minimum absolute atomic E-state index is 0.0736. The van der Waals surface area contributed by atoms with E-state index in [1.807, 2.05) is 13.1 Å². The molecule has 1 aromatic rings. The van der Waals surface area contributed by atoms with Gasteiger partial charge in [-0.2, -0.15) is 0 Å². The van der Waals surface area contributed by atoms with Crippen LogP contribution in [0.5, 0.6) is 0 Å². The van der Waals surface area contributed by atoms with Crippen molar-refractivity contribution in [3.63, 3.8) is 0 Å². The molecule has 2 aliphatic heterocycles. The number of guanidine groups is 1. The number of esters is 1. The van der Waals surface area contributed by atoms with Crippen LogP contribution >= 0.6 is 0 Å². The second-order valence-corrected chi connectivity index (χ2v) is 8.13. The Bertz CT molecular complexity index is 683. The number of likely N-dealkylation sites (tertiary alicyclic amines) is 1. The highest BCUT2D eigenvalue weighted by Gasteiger charge is 2.28. The van der Waals surface area contributed by atoms with Gasteiger partial charge in [-0.15, -0.1) is 0 Å². The summed E-state index contributed by atoms with van der Waals surface area (Å²) in [6.07, 6.45) is 6.28.